The molecule has 1 aromatic carbocycles. The second kappa shape index (κ2) is 4.88. The van der Waals surface area contributed by atoms with Crippen LogP contribution in [-0.4, -0.2) is 10.1 Å². The molecule has 0 aliphatic rings. The molecule has 102 valence electrons. The van der Waals surface area contributed by atoms with Crippen LogP contribution in [0, 0.1) is 12.7 Å². The summed E-state index contributed by atoms with van der Waals surface area (Å²) in [7, 11) is 0. The average molecular weight is 310 g/mol. The van der Waals surface area contributed by atoms with E-state index >= 15 is 0 Å². The molecule has 0 saturated heterocycles. The van der Waals surface area contributed by atoms with E-state index in [4.69, 9.17) is 21.9 Å². The maximum atomic E-state index is 13.1. The summed E-state index contributed by atoms with van der Waals surface area (Å²) in [5.41, 5.74) is 7.30. The highest BCUT2D eigenvalue weighted by Crippen LogP contribution is 2.34. The minimum Gasteiger partial charge on any atom is -0.391 e. The lowest BCUT2D eigenvalue weighted by Crippen LogP contribution is -1.83. The predicted octanol–water partition coefficient (Wildman–Crippen LogP) is 4.15. The van der Waals surface area contributed by atoms with Crippen molar-refractivity contribution in [2.45, 2.75) is 6.92 Å². The number of aryl methyl sites for hydroxylation is 1. The van der Waals surface area contributed by atoms with Gasteiger partial charge in [0.15, 0.2) is 0 Å². The lowest BCUT2D eigenvalue weighted by atomic mass is 10.2. The largest absolute Gasteiger partial charge is 0.391 e. The number of halogens is 2. The Kier molecular flexibility index (Phi) is 3.19. The summed E-state index contributed by atoms with van der Waals surface area (Å²) >= 11 is 7.12. The molecule has 3 aromatic rings. The van der Waals surface area contributed by atoms with Gasteiger partial charge in [0.05, 0.1) is 14.9 Å². The SMILES string of the molecule is Cc1cc(N)sc1-c1nc(-c2ccc(F)c(Cl)c2)no1. The molecule has 0 saturated carbocycles. The lowest BCUT2D eigenvalue weighted by Gasteiger charge is -1.96. The molecule has 0 radical (unpaired) electrons. The summed E-state index contributed by atoms with van der Waals surface area (Å²) in [6, 6.07) is 6.12. The first kappa shape index (κ1) is 13.1. The third kappa shape index (κ3) is 2.28. The van der Waals surface area contributed by atoms with E-state index in [0.717, 1.165) is 10.4 Å². The van der Waals surface area contributed by atoms with E-state index < -0.39 is 5.82 Å². The first-order valence-corrected chi connectivity index (χ1v) is 6.89. The number of thiophene rings is 1. The van der Waals surface area contributed by atoms with Crippen molar-refractivity contribution in [2.75, 3.05) is 5.73 Å². The number of anilines is 1. The van der Waals surface area contributed by atoms with Crippen LogP contribution in [0.1, 0.15) is 5.56 Å². The fraction of sp³-hybridized carbons (Fsp3) is 0.0769. The topological polar surface area (TPSA) is 64.9 Å². The van der Waals surface area contributed by atoms with E-state index in [1.54, 1.807) is 6.07 Å². The van der Waals surface area contributed by atoms with Gasteiger partial charge in [-0.2, -0.15) is 4.98 Å². The van der Waals surface area contributed by atoms with E-state index in [1.165, 1.54) is 23.5 Å². The highest BCUT2D eigenvalue weighted by molar-refractivity contribution is 7.19. The number of nitrogens with two attached hydrogens (primary N) is 1. The van der Waals surface area contributed by atoms with Crippen LogP contribution in [-0.2, 0) is 0 Å². The van der Waals surface area contributed by atoms with Gasteiger partial charge in [-0.25, -0.2) is 4.39 Å². The number of nitrogen functional groups attached to an aromatic ring is 1. The quantitative estimate of drug-likeness (QED) is 0.772. The zero-order valence-electron chi connectivity index (χ0n) is 10.4. The molecule has 3 rings (SSSR count). The van der Waals surface area contributed by atoms with E-state index in [1.807, 2.05) is 13.0 Å². The van der Waals surface area contributed by atoms with Crippen molar-refractivity contribution >= 4 is 27.9 Å². The number of nitrogens with zero attached hydrogens (tertiary/aromatic N) is 2. The Morgan fingerprint density at radius 2 is 2.15 bits per heavy atom. The highest BCUT2D eigenvalue weighted by Gasteiger charge is 2.15. The molecule has 0 fully saturated rings. The summed E-state index contributed by atoms with van der Waals surface area (Å²) in [4.78, 5) is 5.12. The summed E-state index contributed by atoms with van der Waals surface area (Å²) in [5.74, 6) is 0.258. The van der Waals surface area contributed by atoms with Crippen LogP contribution in [0.5, 0.6) is 0 Å². The molecule has 20 heavy (non-hydrogen) atoms. The van der Waals surface area contributed by atoms with E-state index in [0.29, 0.717) is 22.3 Å². The Morgan fingerprint density at radius 1 is 1.35 bits per heavy atom. The molecule has 4 nitrogen and oxygen atoms in total. The fourth-order valence-electron chi connectivity index (χ4n) is 1.79. The zero-order valence-corrected chi connectivity index (χ0v) is 11.9. The van der Waals surface area contributed by atoms with Gasteiger partial charge in [-0.05, 0) is 36.8 Å². The number of aromatic nitrogens is 2. The standard InChI is InChI=1S/C13H9ClFN3OS/c1-6-4-10(16)20-11(6)13-17-12(18-19-13)7-2-3-9(15)8(14)5-7/h2-5H,16H2,1H3. The molecule has 2 heterocycles. The maximum absolute atomic E-state index is 13.1. The van der Waals surface area contributed by atoms with Crippen molar-refractivity contribution in [2.24, 2.45) is 0 Å². The van der Waals surface area contributed by atoms with Crippen molar-refractivity contribution in [1.82, 2.24) is 10.1 Å². The molecule has 0 unspecified atom stereocenters. The molecule has 2 aromatic heterocycles. The predicted molar refractivity (Wildman–Crippen MR) is 77.2 cm³/mol. The summed E-state index contributed by atoms with van der Waals surface area (Å²) in [5, 5.41) is 4.58. The van der Waals surface area contributed by atoms with Gasteiger partial charge in [0.1, 0.15) is 5.82 Å². The third-order valence-electron chi connectivity index (χ3n) is 2.73. The molecular formula is C13H9ClFN3OS. The van der Waals surface area contributed by atoms with Crippen LogP contribution in [0.4, 0.5) is 9.39 Å². The van der Waals surface area contributed by atoms with E-state index in [2.05, 4.69) is 10.1 Å². The monoisotopic (exact) mass is 309 g/mol. The minimum absolute atomic E-state index is 0.0189. The Balaban J connectivity index is 2.01. The number of rotatable bonds is 2. The van der Waals surface area contributed by atoms with Gasteiger partial charge in [0.25, 0.3) is 5.89 Å². The Hall–Kier alpha value is -1.92. The molecular weight excluding hydrogens is 301 g/mol. The smallest absolute Gasteiger partial charge is 0.268 e. The highest BCUT2D eigenvalue weighted by atomic mass is 35.5. The summed E-state index contributed by atoms with van der Waals surface area (Å²) in [6.45, 7) is 1.92. The second-order valence-electron chi connectivity index (χ2n) is 4.21. The summed E-state index contributed by atoms with van der Waals surface area (Å²) in [6.07, 6.45) is 0. The zero-order chi connectivity index (χ0) is 14.3. The van der Waals surface area contributed by atoms with Gasteiger partial charge in [0, 0.05) is 5.56 Å². The molecule has 0 spiro atoms. The maximum Gasteiger partial charge on any atom is 0.268 e. The lowest BCUT2D eigenvalue weighted by molar-refractivity contribution is 0.433. The molecule has 0 aliphatic heterocycles. The first-order valence-electron chi connectivity index (χ1n) is 5.70. The van der Waals surface area contributed by atoms with Crippen molar-refractivity contribution in [3.63, 3.8) is 0 Å². The molecule has 0 atom stereocenters. The van der Waals surface area contributed by atoms with E-state index in [9.17, 15) is 4.39 Å². The van der Waals surface area contributed by atoms with Gasteiger partial charge in [-0.1, -0.05) is 16.8 Å². The molecule has 0 aliphatic carbocycles. The fourth-order valence-corrected chi connectivity index (χ4v) is 2.83. The second-order valence-corrected chi connectivity index (χ2v) is 5.70. The van der Waals surface area contributed by atoms with E-state index in [-0.39, 0.29) is 5.02 Å². The van der Waals surface area contributed by atoms with Crippen molar-refractivity contribution < 1.29 is 8.91 Å². The van der Waals surface area contributed by atoms with Gasteiger partial charge >= 0.3 is 0 Å². The van der Waals surface area contributed by atoms with Crippen LogP contribution < -0.4 is 5.73 Å². The Labute approximate surface area is 123 Å². The van der Waals surface area contributed by atoms with Crippen LogP contribution in [0.15, 0.2) is 28.8 Å². The molecule has 2 N–H and O–H groups in total. The molecule has 0 amide bonds. The molecule has 7 heteroatoms. The van der Waals surface area contributed by atoms with Crippen molar-refractivity contribution in [3.05, 3.63) is 40.7 Å². The Bertz CT molecular complexity index is 784. The summed E-state index contributed by atoms with van der Waals surface area (Å²) < 4.78 is 18.4. The van der Waals surface area contributed by atoms with Gasteiger partial charge < -0.3 is 10.3 Å². The normalized spacial score (nSPS) is 10.9. The number of hydrogen-bond donors (Lipinski definition) is 1. The van der Waals surface area contributed by atoms with Gasteiger partial charge in [-0.15, -0.1) is 11.3 Å². The van der Waals surface area contributed by atoms with Crippen LogP contribution in [0.2, 0.25) is 5.02 Å². The minimum atomic E-state index is -0.485. The molecule has 0 bridgehead atoms. The third-order valence-corrected chi connectivity index (χ3v) is 4.08. The van der Waals surface area contributed by atoms with Crippen LogP contribution >= 0.6 is 22.9 Å². The van der Waals surface area contributed by atoms with Gasteiger partial charge in [0.2, 0.25) is 5.82 Å². The van der Waals surface area contributed by atoms with Gasteiger partial charge in [-0.3, -0.25) is 0 Å². The number of benzene rings is 1. The van der Waals surface area contributed by atoms with Crippen LogP contribution in [0.3, 0.4) is 0 Å². The Morgan fingerprint density at radius 3 is 2.80 bits per heavy atom. The van der Waals surface area contributed by atoms with Crippen molar-refractivity contribution in [1.29, 1.82) is 0 Å². The first-order chi connectivity index (χ1) is 9.54. The van der Waals surface area contributed by atoms with Crippen molar-refractivity contribution in [3.8, 4) is 22.2 Å². The average Bonchev–Trinajstić information content (AvgIpc) is 2.99. The van der Waals surface area contributed by atoms with Crippen LogP contribution in [0.25, 0.3) is 22.2 Å². The number of hydrogen-bond acceptors (Lipinski definition) is 5.